The van der Waals surface area contributed by atoms with E-state index in [1.807, 2.05) is 42.5 Å². The molecule has 0 radical (unpaired) electrons. The minimum absolute atomic E-state index is 0.0651. The summed E-state index contributed by atoms with van der Waals surface area (Å²) in [6.45, 7) is 0. The number of carbonyl (C=O) groups excluding carboxylic acids is 1. The Morgan fingerprint density at radius 1 is 0.931 bits per heavy atom. The zero-order valence-corrected chi connectivity index (χ0v) is 16.7. The summed E-state index contributed by atoms with van der Waals surface area (Å²) in [7, 11) is 0. The second-order valence-corrected chi connectivity index (χ2v) is 7.15. The molecule has 29 heavy (non-hydrogen) atoms. The molecular weight excluding hydrogens is 434 g/mol. The Hall–Kier alpha value is -3.58. The first-order valence-corrected chi connectivity index (χ1v) is 9.56. The molecule has 0 aliphatic rings. The van der Waals surface area contributed by atoms with Crippen LogP contribution in [0.2, 0.25) is 0 Å². The number of nitrogens with one attached hydrogen (secondary N) is 2. The zero-order valence-electron chi connectivity index (χ0n) is 15.1. The molecule has 1 aromatic heterocycles. The van der Waals surface area contributed by atoms with Crippen molar-refractivity contribution in [3.8, 4) is 5.75 Å². The van der Waals surface area contributed by atoms with Crippen molar-refractivity contribution in [2.24, 2.45) is 5.10 Å². The molecule has 144 valence electrons. The first kappa shape index (κ1) is 18.8. The van der Waals surface area contributed by atoms with Crippen molar-refractivity contribution < 1.29 is 14.3 Å². The maximum Gasteiger partial charge on any atom is 0.261 e. The van der Waals surface area contributed by atoms with E-state index in [2.05, 4.69) is 31.8 Å². The second kappa shape index (κ2) is 8.20. The van der Waals surface area contributed by atoms with Crippen molar-refractivity contribution in [3.63, 3.8) is 0 Å². The van der Waals surface area contributed by atoms with E-state index < -0.39 is 0 Å². The van der Waals surface area contributed by atoms with Crippen LogP contribution >= 0.6 is 15.9 Å². The number of halogens is 1. The number of phenolic OH excluding ortho intramolecular Hbond substituents is 1. The Kier molecular flexibility index (Phi) is 5.31. The van der Waals surface area contributed by atoms with Crippen LogP contribution in [0.1, 0.15) is 10.4 Å². The number of amides is 1. The normalized spacial score (nSPS) is 11.4. The quantitative estimate of drug-likeness (QED) is 0.379. The number of anilines is 2. The van der Waals surface area contributed by atoms with Crippen LogP contribution < -0.4 is 16.3 Å². The van der Waals surface area contributed by atoms with Crippen LogP contribution in [0.3, 0.4) is 0 Å². The fourth-order valence-electron chi connectivity index (χ4n) is 2.71. The Bertz CT molecular complexity index is 1240. The highest BCUT2D eigenvalue weighted by atomic mass is 79.9. The molecule has 4 aromatic rings. The van der Waals surface area contributed by atoms with Crippen molar-refractivity contribution in [2.75, 3.05) is 10.7 Å². The Balaban J connectivity index is 1.76. The number of para-hydroxylation sites is 1. The second-order valence-electron chi connectivity index (χ2n) is 6.24. The first-order valence-electron chi connectivity index (χ1n) is 8.77. The number of rotatable bonds is 4. The van der Waals surface area contributed by atoms with E-state index in [1.54, 1.807) is 24.3 Å². The van der Waals surface area contributed by atoms with Gasteiger partial charge in [-0.1, -0.05) is 34.1 Å². The number of hydrogen-bond acceptors (Lipinski definition) is 5. The predicted molar refractivity (Wildman–Crippen MR) is 116 cm³/mol. The van der Waals surface area contributed by atoms with Crippen LogP contribution in [-0.2, 0) is 0 Å². The van der Waals surface area contributed by atoms with Crippen LogP contribution in [0.5, 0.6) is 5.75 Å². The molecule has 7 heteroatoms. The fraction of sp³-hybridized carbons (Fsp3) is 0. The van der Waals surface area contributed by atoms with Gasteiger partial charge in [-0.05, 0) is 54.6 Å². The number of phenols is 1. The highest BCUT2D eigenvalue weighted by Crippen LogP contribution is 2.20. The van der Waals surface area contributed by atoms with Crippen LogP contribution in [0, 0.1) is 0 Å². The van der Waals surface area contributed by atoms with Gasteiger partial charge in [0.25, 0.3) is 5.91 Å². The predicted octanol–water partition coefficient (Wildman–Crippen LogP) is 5.08. The van der Waals surface area contributed by atoms with E-state index in [1.165, 1.54) is 12.1 Å². The molecule has 0 spiro atoms. The highest BCUT2D eigenvalue weighted by Gasteiger charge is 2.13. The van der Waals surface area contributed by atoms with E-state index in [-0.39, 0.29) is 22.8 Å². The standard InChI is InChI=1S/C22H16BrN3O3/c23-15-7-9-16(10-8-15)24-21(28)19-12-14-6-11-18(27)13-20(14)29-22(19)26-25-17-4-2-1-3-5-17/h1-13,25,27H,(H,24,28)/b26-22+. The van der Waals surface area contributed by atoms with Crippen LogP contribution in [0.15, 0.2) is 92.9 Å². The lowest BCUT2D eigenvalue weighted by Crippen LogP contribution is -2.22. The van der Waals surface area contributed by atoms with E-state index in [0.717, 1.165) is 10.2 Å². The van der Waals surface area contributed by atoms with E-state index in [0.29, 0.717) is 16.7 Å². The summed E-state index contributed by atoms with van der Waals surface area (Å²) in [6.07, 6.45) is 0. The molecule has 4 rings (SSSR count). The lowest BCUT2D eigenvalue weighted by molar-refractivity contribution is 0.102. The maximum atomic E-state index is 12.9. The van der Waals surface area contributed by atoms with Gasteiger partial charge in [-0.15, -0.1) is 5.10 Å². The van der Waals surface area contributed by atoms with Crippen LogP contribution in [-0.4, -0.2) is 11.0 Å². The largest absolute Gasteiger partial charge is 0.508 e. The number of nitrogens with zero attached hydrogens (tertiary/aromatic N) is 1. The van der Waals surface area contributed by atoms with Gasteiger partial charge < -0.3 is 14.8 Å². The third kappa shape index (κ3) is 4.47. The minimum atomic E-state index is -0.361. The highest BCUT2D eigenvalue weighted by molar-refractivity contribution is 9.10. The van der Waals surface area contributed by atoms with E-state index in [9.17, 15) is 9.90 Å². The summed E-state index contributed by atoms with van der Waals surface area (Å²) in [5.41, 5.74) is 5.06. The summed E-state index contributed by atoms with van der Waals surface area (Å²) in [4.78, 5) is 12.9. The molecule has 0 atom stereocenters. The molecule has 1 amide bonds. The maximum absolute atomic E-state index is 12.9. The average molecular weight is 450 g/mol. The number of fused-ring (bicyclic) bond motifs is 1. The molecule has 0 aliphatic heterocycles. The SMILES string of the molecule is O=C(Nc1ccc(Br)cc1)c1cc2ccc(O)cc2o/c1=N/Nc1ccccc1. The summed E-state index contributed by atoms with van der Waals surface area (Å²) >= 11 is 3.37. The van der Waals surface area contributed by atoms with Crippen molar-refractivity contribution in [3.05, 3.63) is 94.5 Å². The van der Waals surface area contributed by atoms with E-state index >= 15 is 0 Å². The van der Waals surface area contributed by atoms with Gasteiger partial charge in [0.15, 0.2) is 0 Å². The van der Waals surface area contributed by atoms with Crippen molar-refractivity contribution in [1.82, 2.24) is 0 Å². The summed E-state index contributed by atoms with van der Waals surface area (Å²) in [6, 6.07) is 23.0. The smallest absolute Gasteiger partial charge is 0.261 e. The molecule has 1 heterocycles. The van der Waals surface area contributed by atoms with Gasteiger partial charge in [0, 0.05) is 21.6 Å². The summed E-state index contributed by atoms with van der Waals surface area (Å²) in [5, 5.41) is 17.5. The monoisotopic (exact) mass is 449 g/mol. The average Bonchev–Trinajstić information content (AvgIpc) is 2.74. The van der Waals surface area contributed by atoms with Gasteiger partial charge in [0.05, 0.1) is 5.69 Å². The molecule has 0 bridgehead atoms. The lowest BCUT2D eigenvalue weighted by Gasteiger charge is -2.08. The molecule has 6 nitrogen and oxygen atoms in total. The minimum Gasteiger partial charge on any atom is -0.508 e. The van der Waals surface area contributed by atoms with Gasteiger partial charge in [0.2, 0.25) is 5.55 Å². The van der Waals surface area contributed by atoms with Gasteiger partial charge >= 0.3 is 0 Å². The van der Waals surface area contributed by atoms with Gasteiger partial charge in [-0.3, -0.25) is 10.2 Å². The van der Waals surface area contributed by atoms with Crippen molar-refractivity contribution in [1.29, 1.82) is 0 Å². The van der Waals surface area contributed by atoms with Crippen molar-refractivity contribution in [2.45, 2.75) is 0 Å². The van der Waals surface area contributed by atoms with Crippen LogP contribution in [0.4, 0.5) is 11.4 Å². The van der Waals surface area contributed by atoms with Gasteiger partial charge in [-0.25, -0.2) is 0 Å². The summed E-state index contributed by atoms with van der Waals surface area (Å²) < 4.78 is 6.73. The molecule has 3 aromatic carbocycles. The Morgan fingerprint density at radius 3 is 2.45 bits per heavy atom. The molecule has 3 N–H and O–H groups in total. The first-order chi connectivity index (χ1) is 14.1. The lowest BCUT2D eigenvalue weighted by atomic mass is 10.1. The number of aromatic hydroxyl groups is 1. The number of hydrogen-bond donors (Lipinski definition) is 3. The van der Waals surface area contributed by atoms with Crippen LogP contribution in [0.25, 0.3) is 11.0 Å². The third-order valence-electron chi connectivity index (χ3n) is 4.14. The molecule has 0 saturated carbocycles. The third-order valence-corrected chi connectivity index (χ3v) is 4.67. The van der Waals surface area contributed by atoms with Gasteiger partial charge in [-0.2, -0.15) is 0 Å². The number of carbonyl (C=O) groups is 1. The number of benzene rings is 3. The zero-order chi connectivity index (χ0) is 20.2. The van der Waals surface area contributed by atoms with Gasteiger partial charge in [0.1, 0.15) is 16.9 Å². The molecule has 0 fully saturated rings. The Morgan fingerprint density at radius 2 is 1.69 bits per heavy atom. The van der Waals surface area contributed by atoms with Crippen molar-refractivity contribution >= 4 is 44.2 Å². The molecule has 0 saturated heterocycles. The summed E-state index contributed by atoms with van der Waals surface area (Å²) in [5.74, 6) is -0.296. The molecular formula is C22H16BrN3O3. The fourth-order valence-corrected chi connectivity index (χ4v) is 2.98. The molecule has 0 unspecified atom stereocenters. The van der Waals surface area contributed by atoms with E-state index in [4.69, 9.17) is 4.42 Å². The molecule has 0 aliphatic carbocycles. The Labute approximate surface area is 174 Å². The topological polar surface area (TPSA) is 86.9 Å².